The molecule has 0 amide bonds. The van der Waals surface area contributed by atoms with Crippen LogP contribution in [-0.2, 0) is 4.74 Å². The van der Waals surface area contributed by atoms with E-state index >= 15 is 0 Å². The number of nitriles is 1. The minimum absolute atomic E-state index is 0.0111. The number of benzene rings is 2. The van der Waals surface area contributed by atoms with E-state index in [0.29, 0.717) is 40.4 Å². The molecule has 9 nitrogen and oxygen atoms in total. The molecule has 0 spiro atoms. The molecule has 0 saturated carbocycles. The smallest absolute Gasteiger partial charge is 0.360 e. The van der Waals surface area contributed by atoms with Gasteiger partial charge in [0.1, 0.15) is 28.8 Å². The van der Waals surface area contributed by atoms with Crippen molar-refractivity contribution >= 4 is 33.9 Å². The van der Waals surface area contributed by atoms with Crippen LogP contribution in [0.5, 0.6) is 17.2 Å². The Labute approximate surface area is 189 Å². The van der Waals surface area contributed by atoms with Gasteiger partial charge in [-0.3, -0.25) is 0 Å². The van der Waals surface area contributed by atoms with Crippen molar-refractivity contribution in [2.45, 2.75) is 19.8 Å². The maximum atomic E-state index is 12.4. The number of hydrogen-bond acceptors (Lipinski definition) is 9. The summed E-state index contributed by atoms with van der Waals surface area (Å²) in [4.78, 5) is 22.6. The Morgan fingerprint density at radius 3 is 2.64 bits per heavy atom. The molecule has 0 bridgehead atoms. The minimum Gasteiger partial charge on any atom is -0.505 e. The number of anilines is 1. The number of ether oxygens (including phenoxy) is 2. The van der Waals surface area contributed by atoms with Crippen LogP contribution in [0.25, 0.3) is 21.9 Å². The molecule has 2 aromatic carbocycles. The fraction of sp³-hybridized carbons (Fsp3) is 0.250. The maximum Gasteiger partial charge on any atom is 0.360 e. The molecule has 4 rings (SSSR count). The van der Waals surface area contributed by atoms with Gasteiger partial charge in [0.25, 0.3) is 6.01 Å². The van der Waals surface area contributed by atoms with Gasteiger partial charge >= 0.3 is 5.97 Å². The molecule has 0 aliphatic rings. The van der Waals surface area contributed by atoms with Crippen LogP contribution < -0.4 is 9.64 Å². The van der Waals surface area contributed by atoms with Crippen molar-refractivity contribution in [1.82, 2.24) is 9.97 Å². The Morgan fingerprint density at radius 2 is 1.91 bits per heavy atom. The van der Waals surface area contributed by atoms with Gasteiger partial charge in [0.05, 0.1) is 6.61 Å². The molecule has 0 fully saturated rings. The number of aromatic hydroxyl groups is 1. The Balaban J connectivity index is 1.69. The molecule has 0 aliphatic heterocycles. The summed E-state index contributed by atoms with van der Waals surface area (Å²) in [6.45, 7) is 2.18. The predicted octanol–water partition coefficient (Wildman–Crippen LogP) is 4.77. The lowest BCUT2D eigenvalue weighted by Crippen LogP contribution is -2.10. The summed E-state index contributed by atoms with van der Waals surface area (Å²) in [6.07, 6.45) is 1.54. The zero-order valence-corrected chi connectivity index (χ0v) is 18.5. The van der Waals surface area contributed by atoms with Crippen LogP contribution in [-0.4, -0.2) is 41.7 Å². The standard InChI is InChI=1S/C24H22N4O5/c1-4-5-10-31-23(30)21-22(29)17-11-14(6-8-16(17)19(13-25)26-21)32-15-7-9-20-18(12-15)27-24(33-20)28(2)3/h6-9,11-12,29H,4-5,10H2,1-3H3. The highest BCUT2D eigenvalue weighted by molar-refractivity contribution is 6.01. The van der Waals surface area contributed by atoms with E-state index in [-0.39, 0.29) is 29.1 Å². The summed E-state index contributed by atoms with van der Waals surface area (Å²) in [5.74, 6) is -0.236. The lowest BCUT2D eigenvalue weighted by molar-refractivity contribution is 0.0489. The van der Waals surface area contributed by atoms with Gasteiger partial charge in [-0.25, -0.2) is 9.78 Å². The lowest BCUT2D eigenvalue weighted by Gasteiger charge is -2.11. The first kappa shape index (κ1) is 21.9. The average Bonchev–Trinajstić information content (AvgIpc) is 3.23. The molecule has 0 atom stereocenters. The summed E-state index contributed by atoms with van der Waals surface area (Å²) in [5.41, 5.74) is 0.968. The first-order valence-corrected chi connectivity index (χ1v) is 10.4. The number of carbonyl (C=O) groups excluding carboxylic acids is 1. The fourth-order valence-corrected chi connectivity index (χ4v) is 3.23. The van der Waals surface area contributed by atoms with Gasteiger partial charge in [-0.2, -0.15) is 10.2 Å². The molecule has 4 aromatic rings. The quantitative estimate of drug-likeness (QED) is 0.316. The number of oxazole rings is 1. The number of hydrogen-bond donors (Lipinski definition) is 1. The Kier molecular flexibility index (Phi) is 6.00. The third kappa shape index (κ3) is 4.36. The molecule has 1 N–H and O–H groups in total. The molecule has 33 heavy (non-hydrogen) atoms. The van der Waals surface area contributed by atoms with Crippen LogP contribution in [0.3, 0.4) is 0 Å². The van der Waals surface area contributed by atoms with Crippen molar-refractivity contribution in [2.75, 3.05) is 25.6 Å². The number of nitrogens with zero attached hydrogens (tertiary/aromatic N) is 4. The number of fused-ring (bicyclic) bond motifs is 2. The largest absolute Gasteiger partial charge is 0.505 e. The maximum absolute atomic E-state index is 12.4. The van der Waals surface area contributed by atoms with Crippen LogP contribution >= 0.6 is 0 Å². The van der Waals surface area contributed by atoms with Crippen LogP contribution in [0.4, 0.5) is 6.01 Å². The second-order valence-corrected chi connectivity index (χ2v) is 7.59. The molecule has 0 unspecified atom stereocenters. The van der Waals surface area contributed by atoms with Gasteiger partial charge in [-0.15, -0.1) is 0 Å². The second-order valence-electron chi connectivity index (χ2n) is 7.59. The lowest BCUT2D eigenvalue weighted by atomic mass is 10.1. The van der Waals surface area contributed by atoms with Crippen LogP contribution in [0.1, 0.15) is 35.9 Å². The molecule has 0 saturated heterocycles. The highest BCUT2D eigenvalue weighted by Gasteiger charge is 2.21. The SMILES string of the molecule is CCCCOC(=O)c1nc(C#N)c2ccc(Oc3ccc4oc(N(C)C)nc4c3)cc2c1O. The van der Waals surface area contributed by atoms with Crippen LogP contribution in [0.15, 0.2) is 40.8 Å². The first-order chi connectivity index (χ1) is 15.9. The zero-order chi connectivity index (χ0) is 23.5. The Morgan fingerprint density at radius 1 is 1.15 bits per heavy atom. The van der Waals surface area contributed by atoms with Crippen molar-refractivity contribution in [3.8, 4) is 23.3 Å². The Bertz CT molecular complexity index is 1390. The third-order valence-electron chi connectivity index (χ3n) is 4.95. The molecular weight excluding hydrogens is 424 g/mol. The normalized spacial score (nSPS) is 10.8. The van der Waals surface area contributed by atoms with Crippen LogP contribution in [0, 0.1) is 11.3 Å². The van der Waals surface area contributed by atoms with E-state index in [1.54, 1.807) is 41.3 Å². The van der Waals surface area contributed by atoms with Crippen molar-refractivity contribution in [3.05, 3.63) is 47.8 Å². The van der Waals surface area contributed by atoms with Crippen molar-refractivity contribution in [1.29, 1.82) is 5.26 Å². The van der Waals surface area contributed by atoms with Gasteiger partial charge in [0.15, 0.2) is 17.0 Å². The fourth-order valence-electron chi connectivity index (χ4n) is 3.23. The van der Waals surface area contributed by atoms with Gasteiger partial charge in [0.2, 0.25) is 0 Å². The van der Waals surface area contributed by atoms with Gasteiger partial charge < -0.3 is 23.9 Å². The zero-order valence-electron chi connectivity index (χ0n) is 18.5. The summed E-state index contributed by atoms with van der Waals surface area (Å²) < 4.78 is 16.8. The summed E-state index contributed by atoms with van der Waals surface area (Å²) >= 11 is 0. The number of unbranched alkanes of at least 4 members (excludes halogenated alkanes) is 1. The monoisotopic (exact) mass is 446 g/mol. The number of rotatable bonds is 7. The van der Waals surface area contributed by atoms with Crippen molar-refractivity contribution in [3.63, 3.8) is 0 Å². The number of aromatic nitrogens is 2. The summed E-state index contributed by atoms with van der Waals surface area (Å²) in [7, 11) is 3.67. The molecule has 2 heterocycles. The second kappa shape index (κ2) is 9.04. The molecule has 9 heteroatoms. The number of carbonyl (C=O) groups is 1. The summed E-state index contributed by atoms with van der Waals surface area (Å²) in [5, 5.41) is 20.9. The van der Waals surface area contributed by atoms with E-state index in [1.807, 2.05) is 27.1 Å². The molecule has 168 valence electrons. The number of pyridine rings is 1. The van der Waals surface area contributed by atoms with E-state index in [0.717, 1.165) is 6.42 Å². The molecule has 2 aromatic heterocycles. The molecular formula is C24H22N4O5. The van der Waals surface area contributed by atoms with E-state index in [9.17, 15) is 15.2 Å². The predicted molar refractivity (Wildman–Crippen MR) is 122 cm³/mol. The molecule has 0 aliphatic carbocycles. The van der Waals surface area contributed by atoms with Gasteiger partial charge in [-0.05, 0) is 36.8 Å². The van der Waals surface area contributed by atoms with E-state index in [4.69, 9.17) is 13.9 Å². The average molecular weight is 446 g/mol. The van der Waals surface area contributed by atoms with Crippen LogP contribution in [0.2, 0.25) is 0 Å². The number of esters is 1. The Hall–Kier alpha value is -4.32. The highest BCUT2D eigenvalue weighted by atomic mass is 16.5. The molecule has 0 radical (unpaired) electrons. The first-order valence-electron chi connectivity index (χ1n) is 10.4. The minimum atomic E-state index is -0.779. The third-order valence-corrected chi connectivity index (χ3v) is 4.95. The summed E-state index contributed by atoms with van der Waals surface area (Å²) in [6, 6.07) is 12.5. The van der Waals surface area contributed by atoms with Crippen molar-refractivity contribution < 1.29 is 23.8 Å². The van der Waals surface area contributed by atoms with Gasteiger partial charge in [-0.1, -0.05) is 13.3 Å². The topological polar surface area (TPSA) is 122 Å². The van der Waals surface area contributed by atoms with E-state index < -0.39 is 5.97 Å². The highest BCUT2D eigenvalue weighted by Crippen LogP contribution is 2.35. The van der Waals surface area contributed by atoms with Gasteiger partial charge in [0, 0.05) is 30.9 Å². The van der Waals surface area contributed by atoms with Crippen molar-refractivity contribution in [2.24, 2.45) is 0 Å². The van der Waals surface area contributed by atoms with E-state index in [2.05, 4.69) is 9.97 Å². The van der Waals surface area contributed by atoms with E-state index in [1.165, 1.54) is 0 Å².